The second-order valence-electron chi connectivity index (χ2n) is 7.64. The van der Waals surface area contributed by atoms with Crippen LogP contribution in [0.15, 0.2) is 29.3 Å². The van der Waals surface area contributed by atoms with Crippen LogP contribution in [0.5, 0.6) is 0 Å². The first-order chi connectivity index (χ1) is 13.3. The van der Waals surface area contributed by atoms with Gasteiger partial charge >= 0.3 is 0 Å². The first kappa shape index (κ1) is 26.1. The molecule has 1 aromatic rings. The van der Waals surface area contributed by atoms with Gasteiger partial charge in [-0.3, -0.25) is 4.99 Å². The van der Waals surface area contributed by atoms with Crippen LogP contribution in [0.1, 0.15) is 37.8 Å². The van der Waals surface area contributed by atoms with Gasteiger partial charge in [-0.2, -0.15) is 0 Å². The maximum Gasteiger partial charge on any atom is 0.216 e. The van der Waals surface area contributed by atoms with Crippen LogP contribution in [0.2, 0.25) is 0 Å². The van der Waals surface area contributed by atoms with Gasteiger partial charge in [-0.05, 0) is 43.7 Å². The van der Waals surface area contributed by atoms with Crippen LogP contribution in [0.3, 0.4) is 0 Å². The fourth-order valence-electron chi connectivity index (χ4n) is 2.88. The minimum Gasteiger partial charge on any atom is -0.379 e. The molecule has 0 spiro atoms. The summed E-state index contributed by atoms with van der Waals surface area (Å²) in [5.74, 6) is 1.49. The van der Waals surface area contributed by atoms with E-state index in [4.69, 9.17) is 4.74 Å². The molecule has 1 aromatic carbocycles. The van der Waals surface area contributed by atoms with Crippen LogP contribution in [-0.2, 0) is 27.1 Å². The van der Waals surface area contributed by atoms with Crippen molar-refractivity contribution in [3.8, 4) is 0 Å². The van der Waals surface area contributed by atoms with E-state index in [1.165, 1.54) is 12.8 Å². The maximum atomic E-state index is 12.3. The molecule has 1 fully saturated rings. The second kappa shape index (κ2) is 12.7. The fourth-order valence-corrected chi connectivity index (χ4v) is 4.37. The van der Waals surface area contributed by atoms with Crippen molar-refractivity contribution in [2.75, 3.05) is 33.9 Å². The van der Waals surface area contributed by atoms with Crippen LogP contribution in [-0.4, -0.2) is 59.2 Å². The van der Waals surface area contributed by atoms with Crippen molar-refractivity contribution >= 4 is 40.0 Å². The zero-order valence-electron chi connectivity index (χ0n) is 17.8. The van der Waals surface area contributed by atoms with E-state index in [2.05, 4.69) is 15.0 Å². The molecule has 1 aliphatic rings. The van der Waals surface area contributed by atoms with E-state index in [0.717, 1.165) is 36.2 Å². The summed E-state index contributed by atoms with van der Waals surface area (Å²) in [5.41, 5.74) is 1.73. The zero-order chi connectivity index (χ0) is 20.6. The van der Waals surface area contributed by atoms with Gasteiger partial charge in [0.1, 0.15) is 0 Å². The Labute approximate surface area is 192 Å². The van der Waals surface area contributed by atoms with Gasteiger partial charge in [0.15, 0.2) is 5.96 Å². The summed E-state index contributed by atoms with van der Waals surface area (Å²) in [7, 11) is 0.345. The number of hydrogen-bond acceptors (Lipinski definition) is 4. The van der Waals surface area contributed by atoms with Crippen molar-refractivity contribution in [3.05, 3.63) is 35.4 Å². The average Bonchev–Trinajstić information content (AvgIpc) is 3.43. The molecule has 2 N–H and O–H groups in total. The number of halogens is 1. The van der Waals surface area contributed by atoms with Gasteiger partial charge in [0.25, 0.3) is 0 Å². The molecule has 0 heterocycles. The lowest BCUT2D eigenvalue weighted by atomic mass is 10.1. The molecule has 0 aliphatic heterocycles. The van der Waals surface area contributed by atoms with Crippen molar-refractivity contribution < 1.29 is 13.2 Å². The number of ether oxygens (including phenoxy) is 1. The molecule has 9 heteroatoms. The SMILES string of the molecule is CN=C(NCc1ccccc1CS(=O)(=O)NC(C)C)N(C)CCOCC1CC1.I. The standard InChI is InChI=1S/C20H34N4O3S.HI/c1-16(2)23-28(25,26)15-19-8-6-5-7-18(19)13-22-20(21-3)24(4)11-12-27-14-17-9-10-17;/h5-8,16-17,23H,9-15H2,1-4H3,(H,21,22);1H. The molecule has 0 unspecified atom stereocenters. The predicted octanol–water partition coefficient (Wildman–Crippen LogP) is 2.57. The van der Waals surface area contributed by atoms with Gasteiger partial charge in [-0.1, -0.05) is 24.3 Å². The Morgan fingerprint density at radius 2 is 1.93 bits per heavy atom. The summed E-state index contributed by atoms with van der Waals surface area (Å²) >= 11 is 0. The highest BCUT2D eigenvalue weighted by atomic mass is 127. The Balaban J connectivity index is 0.00000420. The smallest absolute Gasteiger partial charge is 0.216 e. The summed E-state index contributed by atoms with van der Waals surface area (Å²) in [5, 5.41) is 3.32. The molecular formula is C20H35IN4O3S. The topological polar surface area (TPSA) is 83.0 Å². The number of rotatable bonds is 11. The Bertz CT molecular complexity index is 752. The minimum atomic E-state index is -3.37. The molecule has 0 atom stereocenters. The van der Waals surface area contributed by atoms with Crippen LogP contribution in [0, 0.1) is 5.92 Å². The van der Waals surface area contributed by atoms with Gasteiger partial charge in [-0.25, -0.2) is 13.1 Å². The van der Waals surface area contributed by atoms with Crippen molar-refractivity contribution in [1.29, 1.82) is 0 Å². The monoisotopic (exact) mass is 538 g/mol. The van der Waals surface area contributed by atoms with E-state index >= 15 is 0 Å². The number of benzene rings is 1. The first-order valence-corrected chi connectivity index (χ1v) is 11.5. The number of aliphatic imine (C=N–C) groups is 1. The van der Waals surface area contributed by atoms with Gasteiger partial charge in [-0.15, -0.1) is 24.0 Å². The summed E-state index contributed by atoms with van der Waals surface area (Å²) in [6, 6.07) is 7.46. The quantitative estimate of drug-likeness (QED) is 0.196. The summed E-state index contributed by atoms with van der Waals surface area (Å²) < 4.78 is 32.9. The third-order valence-corrected chi connectivity index (χ3v) is 6.03. The Morgan fingerprint density at radius 1 is 1.28 bits per heavy atom. The van der Waals surface area contributed by atoms with Crippen molar-refractivity contribution in [1.82, 2.24) is 14.9 Å². The summed E-state index contributed by atoms with van der Waals surface area (Å²) in [6.07, 6.45) is 2.59. The summed E-state index contributed by atoms with van der Waals surface area (Å²) in [4.78, 5) is 6.34. The fraction of sp³-hybridized carbons (Fsp3) is 0.650. The number of hydrogen-bond donors (Lipinski definition) is 2. The highest BCUT2D eigenvalue weighted by molar-refractivity contribution is 14.0. The number of guanidine groups is 1. The number of nitrogens with zero attached hydrogens (tertiary/aromatic N) is 2. The largest absolute Gasteiger partial charge is 0.379 e. The van der Waals surface area contributed by atoms with E-state index in [1.54, 1.807) is 7.05 Å². The normalized spacial score (nSPS) is 14.6. The second-order valence-corrected chi connectivity index (χ2v) is 9.39. The molecule has 0 amide bonds. The Kier molecular flexibility index (Phi) is 11.4. The molecule has 29 heavy (non-hydrogen) atoms. The lowest BCUT2D eigenvalue weighted by molar-refractivity contribution is 0.115. The third-order valence-electron chi connectivity index (χ3n) is 4.51. The van der Waals surface area contributed by atoms with Gasteiger partial charge < -0.3 is 15.0 Å². The van der Waals surface area contributed by atoms with Gasteiger partial charge in [0, 0.05) is 39.8 Å². The van der Waals surface area contributed by atoms with E-state index in [0.29, 0.717) is 13.2 Å². The molecule has 0 bridgehead atoms. The Hall–Kier alpha value is -0.910. The summed E-state index contributed by atoms with van der Waals surface area (Å²) in [6.45, 7) is 6.42. The lowest BCUT2D eigenvalue weighted by Gasteiger charge is -2.22. The number of nitrogens with one attached hydrogen (secondary N) is 2. The van der Waals surface area contributed by atoms with E-state index in [-0.39, 0.29) is 35.8 Å². The maximum absolute atomic E-state index is 12.3. The molecule has 1 saturated carbocycles. The predicted molar refractivity (Wildman–Crippen MR) is 129 cm³/mol. The van der Waals surface area contributed by atoms with Gasteiger partial charge in [0.05, 0.1) is 12.4 Å². The molecule has 0 aromatic heterocycles. The van der Waals surface area contributed by atoms with Crippen LogP contribution in [0.4, 0.5) is 0 Å². The Morgan fingerprint density at radius 3 is 2.52 bits per heavy atom. The van der Waals surface area contributed by atoms with E-state index in [1.807, 2.05) is 50.1 Å². The van der Waals surface area contributed by atoms with E-state index < -0.39 is 10.0 Å². The van der Waals surface area contributed by atoms with Crippen LogP contribution < -0.4 is 10.0 Å². The molecule has 0 saturated heterocycles. The van der Waals surface area contributed by atoms with Crippen molar-refractivity contribution in [3.63, 3.8) is 0 Å². The molecule has 0 radical (unpaired) electrons. The highest BCUT2D eigenvalue weighted by Crippen LogP contribution is 2.28. The average molecular weight is 538 g/mol. The third kappa shape index (κ3) is 10.1. The van der Waals surface area contributed by atoms with Crippen LogP contribution in [0.25, 0.3) is 0 Å². The molecule has 7 nitrogen and oxygen atoms in total. The van der Waals surface area contributed by atoms with E-state index in [9.17, 15) is 8.42 Å². The minimum absolute atomic E-state index is 0. The molecule has 166 valence electrons. The molecule has 1 aliphatic carbocycles. The molecular weight excluding hydrogens is 503 g/mol. The number of sulfonamides is 1. The van der Waals surface area contributed by atoms with Crippen molar-refractivity contribution in [2.45, 2.75) is 45.0 Å². The number of likely N-dealkylation sites (N-methyl/N-ethyl adjacent to an activating group) is 1. The van der Waals surface area contributed by atoms with Gasteiger partial charge in [0.2, 0.25) is 10.0 Å². The lowest BCUT2D eigenvalue weighted by Crippen LogP contribution is -2.40. The van der Waals surface area contributed by atoms with Crippen LogP contribution >= 0.6 is 24.0 Å². The first-order valence-electron chi connectivity index (χ1n) is 9.87. The van der Waals surface area contributed by atoms with Crippen molar-refractivity contribution in [2.24, 2.45) is 10.9 Å². The highest BCUT2D eigenvalue weighted by Gasteiger charge is 2.21. The molecule has 2 rings (SSSR count). The zero-order valence-corrected chi connectivity index (χ0v) is 21.0.